The lowest BCUT2D eigenvalue weighted by atomic mass is 9.84. The second kappa shape index (κ2) is 8.17. The van der Waals surface area contributed by atoms with Crippen LogP contribution in [0.5, 0.6) is 0 Å². The molecule has 1 spiro atoms. The van der Waals surface area contributed by atoms with Crippen LogP contribution in [0, 0.1) is 0 Å². The molecule has 13 nitrogen and oxygen atoms in total. The predicted molar refractivity (Wildman–Crippen MR) is 127 cm³/mol. The fourth-order valence-electron chi connectivity index (χ4n) is 5.62. The number of hydrogen-bond acceptors (Lipinski definition) is 10. The summed E-state index contributed by atoms with van der Waals surface area (Å²) in [6, 6.07) is 4.22. The van der Waals surface area contributed by atoms with Gasteiger partial charge in [0.05, 0.1) is 13.1 Å². The van der Waals surface area contributed by atoms with Crippen LogP contribution in [0.4, 0.5) is 0 Å². The third kappa shape index (κ3) is 3.41. The van der Waals surface area contributed by atoms with Gasteiger partial charge in [-0.25, -0.2) is 10.3 Å². The van der Waals surface area contributed by atoms with Crippen LogP contribution < -0.4 is 27.1 Å². The molecule has 0 radical (unpaired) electrons. The zero-order valence-corrected chi connectivity index (χ0v) is 20.1. The van der Waals surface area contributed by atoms with Crippen LogP contribution in [0.2, 0.25) is 0 Å². The average molecular weight is 500 g/mol. The minimum Gasteiger partial charge on any atom is -0.370 e. The van der Waals surface area contributed by atoms with E-state index in [1.54, 1.807) is 18.2 Å². The molecule has 2 saturated heterocycles. The van der Waals surface area contributed by atoms with Crippen molar-refractivity contribution in [1.29, 1.82) is 0 Å². The molecule has 0 aromatic heterocycles. The summed E-state index contributed by atoms with van der Waals surface area (Å²) in [5.74, 6) is -3.49. The Kier molecular flexibility index (Phi) is 5.45. The van der Waals surface area contributed by atoms with Gasteiger partial charge in [-0.05, 0) is 23.6 Å². The van der Waals surface area contributed by atoms with Gasteiger partial charge in [0.2, 0.25) is 17.6 Å². The molecule has 4 aliphatic heterocycles. The molecule has 13 heteroatoms. The Morgan fingerprint density at radius 3 is 2.64 bits per heavy atom. The first-order chi connectivity index (χ1) is 17.0. The second-order valence-electron chi connectivity index (χ2n) is 10.0. The van der Waals surface area contributed by atoms with Gasteiger partial charge in [0.1, 0.15) is 12.1 Å². The van der Waals surface area contributed by atoms with Crippen molar-refractivity contribution in [2.45, 2.75) is 62.2 Å². The van der Waals surface area contributed by atoms with Gasteiger partial charge in [-0.2, -0.15) is 0 Å². The van der Waals surface area contributed by atoms with Gasteiger partial charge in [-0.1, -0.05) is 26.0 Å². The number of aliphatic hydroxyl groups is 2. The van der Waals surface area contributed by atoms with Gasteiger partial charge in [0, 0.05) is 18.4 Å². The molecule has 4 aliphatic rings. The first-order valence-corrected chi connectivity index (χ1v) is 11.9. The normalized spacial score (nSPS) is 30.6. The fourth-order valence-corrected chi connectivity index (χ4v) is 5.62. The maximum atomic E-state index is 13.1. The number of imide groups is 1. The van der Waals surface area contributed by atoms with Crippen molar-refractivity contribution in [2.75, 3.05) is 13.1 Å². The van der Waals surface area contributed by atoms with Crippen molar-refractivity contribution in [3.8, 4) is 0 Å². The number of nitrogens with one attached hydrogen (secondary N) is 3. The van der Waals surface area contributed by atoms with E-state index in [-0.39, 0.29) is 55.6 Å². The molecular weight excluding hydrogens is 468 g/mol. The first-order valence-electron chi connectivity index (χ1n) is 11.9. The number of carbonyl (C=O) groups is 3. The summed E-state index contributed by atoms with van der Waals surface area (Å²) in [5.41, 5.74) is 11.9. The highest BCUT2D eigenvalue weighted by Crippen LogP contribution is 2.41. The molecule has 36 heavy (non-hydrogen) atoms. The van der Waals surface area contributed by atoms with Crippen molar-refractivity contribution in [2.24, 2.45) is 16.5 Å². The van der Waals surface area contributed by atoms with Crippen molar-refractivity contribution in [3.05, 3.63) is 35.4 Å². The number of rotatable bonds is 5. The molecule has 9 N–H and O–H groups in total. The Balaban J connectivity index is 1.45. The van der Waals surface area contributed by atoms with E-state index in [2.05, 4.69) is 20.6 Å². The average Bonchev–Trinajstić information content (AvgIpc) is 3.42. The summed E-state index contributed by atoms with van der Waals surface area (Å²) < 4.78 is 0. The maximum Gasteiger partial charge on any atom is 0.343 e. The van der Waals surface area contributed by atoms with Gasteiger partial charge in [-0.3, -0.25) is 34.9 Å². The number of likely N-dealkylation sites (tertiary alicyclic amines) is 1. The van der Waals surface area contributed by atoms with Crippen molar-refractivity contribution >= 4 is 29.6 Å². The SMILES string of the molecule is CC(C)c1cccc(C(=O)N[C@H]2CN3C(N)=N[C@@H](CN4C(=O)CCC4=O)[C@@H]4[NH+]=C(N)N[C@@]43C2(O)O)c1. The number of aliphatic imine (C=N–C) groups is 1. The summed E-state index contributed by atoms with van der Waals surface area (Å²) in [6.45, 7) is 3.85. The molecule has 0 unspecified atom stereocenters. The zero-order valence-electron chi connectivity index (χ0n) is 20.1. The Bertz CT molecular complexity index is 1180. The molecule has 1 aromatic carbocycles. The molecule has 1 aromatic rings. The molecule has 4 heterocycles. The minimum absolute atomic E-state index is 0.0367. The highest BCUT2D eigenvalue weighted by Gasteiger charge is 2.76. The number of hydrogen-bond donors (Lipinski definition) is 7. The number of benzene rings is 1. The largest absolute Gasteiger partial charge is 0.370 e. The Labute approximate surface area is 207 Å². The highest BCUT2D eigenvalue weighted by molar-refractivity contribution is 6.02. The van der Waals surface area contributed by atoms with E-state index in [0.717, 1.165) is 10.5 Å². The molecule has 3 amide bonds. The predicted octanol–water partition coefficient (Wildman–Crippen LogP) is -4.19. The molecule has 4 atom stereocenters. The summed E-state index contributed by atoms with van der Waals surface area (Å²) in [7, 11) is 0. The van der Waals surface area contributed by atoms with E-state index in [1.165, 1.54) is 4.90 Å². The zero-order chi connectivity index (χ0) is 26.0. The molecule has 192 valence electrons. The van der Waals surface area contributed by atoms with Crippen LogP contribution in [0.3, 0.4) is 0 Å². The number of carbonyl (C=O) groups excluding carboxylic acids is 3. The highest BCUT2D eigenvalue weighted by atomic mass is 16.5. The maximum absolute atomic E-state index is 13.1. The van der Waals surface area contributed by atoms with Gasteiger partial charge in [0.15, 0.2) is 12.0 Å². The van der Waals surface area contributed by atoms with Gasteiger partial charge in [-0.15, -0.1) is 0 Å². The third-order valence-electron chi connectivity index (χ3n) is 7.53. The fraction of sp³-hybridized carbons (Fsp3) is 0.522. The van der Waals surface area contributed by atoms with E-state index < -0.39 is 35.5 Å². The Hall–Kier alpha value is -3.71. The van der Waals surface area contributed by atoms with Crippen LogP contribution in [-0.4, -0.2) is 92.3 Å². The standard InChI is InChI=1S/C23H30N8O5/c1-11(2)12-4-3-5-13(8-12)19(34)27-15-10-31-21(25)26-14(9-30-16(32)6-7-17(30)33)18-22(31,23(15,35)36)29-20(24)28-18/h3-5,8,11,14-15,18,35-36H,6-7,9-10H2,1-2H3,(H2,25,26)(H,27,34)(H3,24,28,29)/p+1/t14-,15-,18-,22-/m0/s1. The van der Waals surface area contributed by atoms with Crippen molar-refractivity contribution in [3.63, 3.8) is 0 Å². The molecular formula is C23H31N8O5+. The van der Waals surface area contributed by atoms with Crippen LogP contribution in [0.1, 0.15) is 48.5 Å². The third-order valence-corrected chi connectivity index (χ3v) is 7.53. The number of amides is 3. The Morgan fingerprint density at radius 2 is 1.97 bits per heavy atom. The summed E-state index contributed by atoms with van der Waals surface area (Å²) in [6.07, 6.45) is 0.228. The van der Waals surface area contributed by atoms with Gasteiger partial charge in [0.25, 0.3) is 11.6 Å². The first kappa shape index (κ1) is 24.0. The van der Waals surface area contributed by atoms with Crippen LogP contribution >= 0.6 is 0 Å². The summed E-state index contributed by atoms with van der Waals surface area (Å²) in [5, 5.41) is 28.7. The van der Waals surface area contributed by atoms with Crippen LogP contribution in [0.15, 0.2) is 29.3 Å². The molecule has 0 saturated carbocycles. The van der Waals surface area contributed by atoms with E-state index >= 15 is 0 Å². The second-order valence-corrected chi connectivity index (χ2v) is 10.0. The number of nitrogens with two attached hydrogens (primary N) is 2. The van der Waals surface area contributed by atoms with Crippen LogP contribution in [0.25, 0.3) is 0 Å². The summed E-state index contributed by atoms with van der Waals surface area (Å²) >= 11 is 0. The lowest BCUT2D eigenvalue weighted by molar-refractivity contribution is -0.521. The Morgan fingerprint density at radius 1 is 1.28 bits per heavy atom. The monoisotopic (exact) mass is 499 g/mol. The summed E-state index contributed by atoms with van der Waals surface area (Å²) in [4.78, 5) is 47.6. The molecule has 0 aliphatic carbocycles. The lowest BCUT2D eigenvalue weighted by Crippen LogP contribution is -2.90. The quantitative estimate of drug-likeness (QED) is 0.155. The topological polar surface area (TPSA) is 201 Å². The minimum atomic E-state index is -2.57. The number of nitrogens with zero attached hydrogens (tertiary/aromatic N) is 3. The van der Waals surface area contributed by atoms with E-state index in [1.807, 2.05) is 19.9 Å². The van der Waals surface area contributed by atoms with Crippen molar-refractivity contribution in [1.82, 2.24) is 20.4 Å². The van der Waals surface area contributed by atoms with Crippen LogP contribution in [-0.2, 0) is 9.59 Å². The number of guanidine groups is 2. The molecule has 5 rings (SSSR count). The lowest BCUT2D eigenvalue weighted by Gasteiger charge is -2.46. The van der Waals surface area contributed by atoms with Gasteiger partial charge >= 0.3 is 5.96 Å². The van der Waals surface area contributed by atoms with Gasteiger partial charge < -0.3 is 21.3 Å². The smallest absolute Gasteiger partial charge is 0.343 e. The van der Waals surface area contributed by atoms with E-state index in [4.69, 9.17) is 11.5 Å². The van der Waals surface area contributed by atoms with E-state index in [0.29, 0.717) is 5.56 Å². The van der Waals surface area contributed by atoms with Crippen molar-refractivity contribution < 1.29 is 29.6 Å². The van der Waals surface area contributed by atoms with E-state index in [9.17, 15) is 24.6 Å². The molecule has 2 fully saturated rings. The molecule has 0 bridgehead atoms.